The van der Waals surface area contributed by atoms with Gasteiger partial charge in [0.25, 0.3) is 5.91 Å². The van der Waals surface area contributed by atoms with Crippen LogP contribution in [0.1, 0.15) is 62.8 Å². The van der Waals surface area contributed by atoms with Gasteiger partial charge in [-0.15, -0.1) is 0 Å². The number of nitriles is 1. The van der Waals surface area contributed by atoms with Gasteiger partial charge in [-0.3, -0.25) is 4.79 Å². The van der Waals surface area contributed by atoms with Crippen LogP contribution in [0.2, 0.25) is 0 Å². The second-order valence-electron chi connectivity index (χ2n) is 7.57. The van der Waals surface area contributed by atoms with Gasteiger partial charge in [-0.25, -0.2) is 4.79 Å². The Hall–Kier alpha value is -2.81. The molecule has 0 saturated carbocycles. The number of carbonyl (C=O) groups excluding carboxylic acids is 1. The summed E-state index contributed by atoms with van der Waals surface area (Å²) >= 11 is 0. The number of carboxylic acid groups (broad SMARTS) is 1. The lowest BCUT2D eigenvalue weighted by Crippen LogP contribution is -2.44. The lowest BCUT2D eigenvalue weighted by Gasteiger charge is -2.21. The normalized spacial score (nSPS) is 15.9. The van der Waals surface area contributed by atoms with E-state index < -0.39 is 17.9 Å². The van der Waals surface area contributed by atoms with Crippen molar-refractivity contribution in [1.29, 1.82) is 5.26 Å². The fourth-order valence-corrected chi connectivity index (χ4v) is 3.48. The second kappa shape index (κ2) is 9.93. The lowest BCUT2D eigenvalue weighted by molar-refractivity contribution is -0.142. The van der Waals surface area contributed by atoms with E-state index >= 15 is 0 Å². The van der Waals surface area contributed by atoms with Crippen LogP contribution in [-0.2, 0) is 22.4 Å². The third-order valence-corrected chi connectivity index (χ3v) is 5.20. The van der Waals surface area contributed by atoms with Crippen LogP contribution in [0.5, 0.6) is 0 Å². The predicted molar refractivity (Wildman–Crippen MR) is 107 cm³/mol. The average molecular weight is 383 g/mol. The quantitative estimate of drug-likeness (QED) is 0.472. The van der Waals surface area contributed by atoms with Gasteiger partial charge in [-0.1, -0.05) is 39.0 Å². The predicted octanol–water partition coefficient (Wildman–Crippen LogP) is 3.24. The molecule has 1 aliphatic carbocycles. The largest absolute Gasteiger partial charge is 0.480 e. The molecule has 2 rings (SSSR count). The van der Waals surface area contributed by atoms with E-state index in [4.69, 9.17) is 0 Å². The van der Waals surface area contributed by atoms with Crippen LogP contribution in [0.4, 0.5) is 0 Å². The zero-order valence-corrected chi connectivity index (χ0v) is 16.8. The fourth-order valence-electron chi connectivity index (χ4n) is 3.48. The van der Waals surface area contributed by atoms with Gasteiger partial charge in [0.1, 0.15) is 17.7 Å². The molecule has 2 atom stereocenters. The molecule has 6 nitrogen and oxygen atoms in total. The Bertz CT molecular complexity index is 793. The van der Waals surface area contributed by atoms with Crippen molar-refractivity contribution in [1.82, 2.24) is 10.6 Å². The molecule has 3 N–H and O–H groups in total. The van der Waals surface area contributed by atoms with Crippen LogP contribution < -0.4 is 10.6 Å². The van der Waals surface area contributed by atoms with Crippen molar-refractivity contribution in [2.75, 3.05) is 0 Å². The molecule has 0 aliphatic heterocycles. The fraction of sp³-hybridized carbons (Fsp3) is 0.500. The molecule has 1 aliphatic rings. The van der Waals surface area contributed by atoms with Crippen LogP contribution in [0.25, 0.3) is 0 Å². The molecule has 0 heterocycles. The van der Waals surface area contributed by atoms with E-state index in [1.54, 1.807) is 13.8 Å². The molecular formula is C22H29N3O3. The Morgan fingerprint density at radius 2 is 1.93 bits per heavy atom. The van der Waals surface area contributed by atoms with Gasteiger partial charge in [0, 0.05) is 6.20 Å². The molecule has 1 amide bonds. The molecule has 150 valence electrons. The average Bonchev–Trinajstić information content (AvgIpc) is 2.68. The molecule has 0 aromatic heterocycles. The van der Waals surface area contributed by atoms with Crippen molar-refractivity contribution < 1.29 is 14.7 Å². The molecular weight excluding hydrogens is 354 g/mol. The molecule has 6 heteroatoms. The Balaban J connectivity index is 2.12. The van der Waals surface area contributed by atoms with Gasteiger partial charge in [-0.2, -0.15) is 5.26 Å². The summed E-state index contributed by atoms with van der Waals surface area (Å²) in [5.74, 6) is -2.08. The number of fused-ring (bicyclic) bond motifs is 1. The maximum Gasteiger partial charge on any atom is 0.326 e. The highest BCUT2D eigenvalue weighted by atomic mass is 16.4. The maximum atomic E-state index is 12.3. The first kappa shape index (κ1) is 21.5. The highest BCUT2D eigenvalue weighted by Gasteiger charge is 2.25. The summed E-state index contributed by atoms with van der Waals surface area (Å²) in [5.41, 5.74) is 3.78. The van der Waals surface area contributed by atoms with E-state index in [9.17, 15) is 20.0 Å². The van der Waals surface area contributed by atoms with Gasteiger partial charge in [0.15, 0.2) is 0 Å². The van der Waals surface area contributed by atoms with Gasteiger partial charge in [0.2, 0.25) is 0 Å². The minimum absolute atomic E-state index is 0.0243. The summed E-state index contributed by atoms with van der Waals surface area (Å²) in [6.45, 7) is 5.45. The summed E-state index contributed by atoms with van der Waals surface area (Å²) < 4.78 is 0. The molecule has 0 saturated heterocycles. The van der Waals surface area contributed by atoms with Crippen LogP contribution in [0, 0.1) is 17.2 Å². The highest BCUT2D eigenvalue weighted by molar-refractivity contribution is 5.99. The summed E-state index contributed by atoms with van der Waals surface area (Å²) in [7, 11) is 0. The Labute approximate surface area is 166 Å². The minimum atomic E-state index is -1.12. The number of carboxylic acids is 1. The molecule has 28 heavy (non-hydrogen) atoms. The molecule has 1 aromatic carbocycles. The molecule has 0 fully saturated rings. The summed E-state index contributed by atoms with van der Waals surface area (Å²) in [6.07, 6.45) is 6.84. The number of nitrogens with one attached hydrogen (secondary N) is 2. The minimum Gasteiger partial charge on any atom is -0.480 e. The van der Waals surface area contributed by atoms with Crippen LogP contribution >= 0.6 is 0 Å². The van der Waals surface area contributed by atoms with Gasteiger partial charge >= 0.3 is 5.97 Å². The summed E-state index contributed by atoms with van der Waals surface area (Å²) in [5, 5.41) is 24.1. The van der Waals surface area contributed by atoms with E-state index in [0.717, 1.165) is 24.8 Å². The number of rotatable bonds is 8. The van der Waals surface area contributed by atoms with Crippen molar-refractivity contribution in [2.24, 2.45) is 5.92 Å². The van der Waals surface area contributed by atoms with Crippen LogP contribution in [0.15, 0.2) is 30.0 Å². The number of amides is 1. The zero-order valence-electron chi connectivity index (χ0n) is 16.8. The van der Waals surface area contributed by atoms with E-state index in [1.807, 2.05) is 13.0 Å². The second-order valence-corrected chi connectivity index (χ2v) is 7.57. The van der Waals surface area contributed by atoms with Crippen molar-refractivity contribution >= 4 is 11.9 Å². The smallest absolute Gasteiger partial charge is 0.326 e. The number of nitrogens with zero attached hydrogens (tertiary/aromatic N) is 1. The number of hydrogen-bond donors (Lipinski definition) is 3. The summed E-state index contributed by atoms with van der Waals surface area (Å²) in [4.78, 5) is 23.6. The third-order valence-electron chi connectivity index (χ3n) is 5.20. The number of aryl methyl sites for hydroxylation is 2. The van der Waals surface area contributed by atoms with Crippen molar-refractivity contribution in [3.8, 4) is 6.07 Å². The van der Waals surface area contributed by atoms with Gasteiger partial charge in [-0.05, 0) is 54.7 Å². The van der Waals surface area contributed by atoms with Gasteiger partial charge < -0.3 is 15.7 Å². The molecule has 0 bridgehead atoms. The SMILES string of the molecule is CCC(N/C=C(/C#N)C(=O)NC(C(=O)O)C(C)C)c1ccc2c(c1)CCCC2. The number of aliphatic carboxylic acids is 1. The van der Waals surface area contributed by atoms with E-state index in [2.05, 4.69) is 28.8 Å². The van der Waals surface area contributed by atoms with Crippen molar-refractivity contribution in [2.45, 2.75) is 65.0 Å². The Morgan fingerprint density at radius 3 is 2.50 bits per heavy atom. The molecule has 0 radical (unpaired) electrons. The van der Waals surface area contributed by atoms with Crippen molar-refractivity contribution in [3.05, 3.63) is 46.7 Å². The molecule has 1 aromatic rings. The number of benzene rings is 1. The van der Waals surface area contributed by atoms with E-state index in [-0.39, 0.29) is 17.5 Å². The molecule has 0 spiro atoms. The topological polar surface area (TPSA) is 102 Å². The monoisotopic (exact) mass is 383 g/mol. The molecule has 2 unspecified atom stereocenters. The van der Waals surface area contributed by atoms with Crippen LogP contribution in [-0.4, -0.2) is 23.0 Å². The third kappa shape index (κ3) is 5.35. The first-order valence-corrected chi connectivity index (χ1v) is 9.89. The van der Waals surface area contributed by atoms with Gasteiger partial charge in [0.05, 0.1) is 6.04 Å². The zero-order chi connectivity index (χ0) is 20.7. The Morgan fingerprint density at radius 1 is 1.25 bits per heavy atom. The summed E-state index contributed by atoms with van der Waals surface area (Å²) in [6, 6.07) is 7.30. The van der Waals surface area contributed by atoms with Crippen LogP contribution in [0.3, 0.4) is 0 Å². The first-order chi connectivity index (χ1) is 13.4. The number of carbonyl (C=O) groups is 2. The first-order valence-electron chi connectivity index (χ1n) is 9.89. The van der Waals surface area contributed by atoms with E-state index in [1.165, 1.54) is 30.2 Å². The maximum absolute atomic E-state index is 12.3. The standard InChI is InChI=1S/C22H29N3O3/c1-4-19(17-10-9-15-7-5-6-8-16(15)11-17)24-13-18(12-23)21(26)25-20(14(2)3)22(27)28/h9-11,13-14,19-20,24H,4-8H2,1-3H3,(H,25,26)(H,27,28)/b18-13-. The Kier molecular flexibility index (Phi) is 7.62. The highest BCUT2D eigenvalue weighted by Crippen LogP contribution is 2.26. The van der Waals surface area contributed by atoms with E-state index in [0.29, 0.717) is 0 Å². The lowest BCUT2D eigenvalue weighted by atomic mass is 9.89. The number of hydrogen-bond acceptors (Lipinski definition) is 4. The van der Waals surface area contributed by atoms with Crippen molar-refractivity contribution in [3.63, 3.8) is 0 Å².